The molecule has 3 rings (SSSR count). The van der Waals surface area contributed by atoms with E-state index in [0.717, 1.165) is 23.8 Å². The van der Waals surface area contributed by atoms with E-state index in [1.54, 1.807) is 25.1 Å². The summed E-state index contributed by atoms with van der Waals surface area (Å²) < 4.78 is 31.5. The first-order valence-electron chi connectivity index (χ1n) is 9.43. The second-order valence-corrected chi connectivity index (χ2v) is 7.68. The Hall–Kier alpha value is -3.20. The number of amides is 2. The lowest BCUT2D eigenvalue weighted by Crippen LogP contribution is -2.48. The molecule has 1 heterocycles. The molecule has 1 atom stereocenters. The molecule has 0 fully saturated rings. The minimum Gasteiger partial charge on any atom is -0.493 e. The molecular weight excluding hydrogens is 430 g/mol. The van der Waals surface area contributed by atoms with Crippen LogP contribution in [-0.2, 0) is 16.1 Å². The number of nitrogens with one attached hydrogen (secondary N) is 1. The van der Waals surface area contributed by atoms with E-state index in [2.05, 4.69) is 10.3 Å². The number of ether oxygens (including phenoxy) is 1. The summed E-state index contributed by atoms with van der Waals surface area (Å²) in [6, 6.07) is 9.79. The minimum atomic E-state index is -1.25. The van der Waals surface area contributed by atoms with E-state index in [1.807, 2.05) is 6.07 Å². The van der Waals surface area contributed by atoms with Crippen LogP contribution in [0.4, 0.5) is 8.78 Å². The Morgan fingerprint density at radius 3 is 2.65 bits per heavy atom. The minimum absolute atomic E-state index is 0.0164. The Labute approximate surface area is 182 Å². The van der Waals surface area contributed by atoms with Gasteiger partial charge in [0.15, 0.2) is 11.5 Å². The van der Waals surface area contributed by atoms with E-state index in [9.17, 15) is 18.4 Å². The van der Waals surface area contributed by atoms with Crippen LogP contribution in [-0.4, -0.2) is 41.4 Å². The summed E-state index contributed by atoms with van der Waals surface area (Å²) in [5, 5.41) is 3.16. The number of nitrogens with zero attached hydrogens (tertiary/aromatic N) is 2. The van der Waals surface area contributed by atoms with Crippen molar-refractivity contribution >= 4 is 29.4 Å². The summed E-state index contributed by atoms with van der Waals surface area (Å²) in [5.74, 6) is -2.27. The van der Waals surface area contributed by atoms with E-state index < -0.39 is 23.1 Å². The van der Waals surface area contributed by atoms with Crippen molar-refractivity contribution in [3.05, 3.63) is 64.7 Å². The number of benzene rings is 2. The van der Waals surface area contributed by atoms with Crippen molar-refractivity contribution in [3.8, 4) is 5.75 Å². The van der Waals surface area contributed by atoms with Crippen molar-refractivity contribution in [2.24, 2.45) is 10.7 Å². The number of rotatable bonds is 8. The van der Waals surface area contributed by atoms with E-state index in [1.165, 1.54) is 4.90 Å². The molecule has 3 N–H and O–H groups in total. The maximum absolute atomic E-state index is 13.1. The van der Waals surface area contributed by atoms with E-state index in [-0.39, 0.29) is 43.7 Å². The number of nitrogens with two attached hydrogens (primary N) is 1. The lowest BCUT2D eigenvalue weighted by atomic mass is 10.0. The van der Waals surface area contributed by atoms with Gasteiger partial charge in [-0.3, -0.25) is 14.5 Å². The number of aliphatic imine (C=N–C) groups is 1. The molecule has 7 nitrogen and oxygen atoms in total. The average molecular weight is 451 g/mol. The van der Waals surface area contributed by atoms with Crippen molar-refractivity contribution in [2.45, 2.75) is 25.4 Å². The summed E-state index contributed by atoms with van der Waals surface area (Å²) in [6.45, 7) is 1.63. The zero-order valence-electron chi connectivity index (χ0n) is 16.7. The SMILES string of the molecule is CC1(CNC(=O)CCOc2cc(F)cc(F)c2)N=C(N)N(Cc2cccc(Cl)c2)C1=O. The molecule has 0 saturated carbocycles. The second kappa shape index (κ2) is 9.30. The van der Waals surface area contributed by atoms with Crippen LogP contribution in [0.3, 0.4) is 0 Å². The number of guanidine groups is 1. The summed E-state index contributed by atoms with van der Waals surface area (Å²) in [6.07, 6.45) is -0.0756. The van der Waals surface area contributed by atoms with Crippen LogP contribution in [0.25, 0.3) is 0 Å². The summed E-state index contributed by atoms with van der Waals surface area (Å²) in [7, 11) is 0. The number of halogens is 3. The van der Waals surface area contributed by atoms with Gasteiger partial charge in [-0.1, -0.05) is 23.7 Å². The molecule has 0 aliphatic carbocycles. The molecule has 2 aromatic carbocycles. The first-order valence-corrected chi connectivity index (χ1v) is 9.81. The molecule has 0 aromatic heterocycles. The number of carbonyl (C=O) groups excluding carboxylic acids is 2. The third-order valence-corrected chi connectivity index (χ3v) is 4.87. The number of hydrogen-bond acceptors (Lipinski definition) is 5. The number of carbonyl (C=O) groups is 2. The van der Waals surface area contributed by atoms with Gasteiger partial charge in [-0.15, -0.1) is 0 Å². The van der Waals surface area contributed by atoms with Crippen LogP contribution in [0.1, 0.15) is 18.9 Å². The van der Waals surface area contributed by atoms with Gasteiger partial charge in [-0.25, -0.2) is 13.8 Å². The molecule has 1 aliphatic rings. The zero-order valence-corrected chi connectivity index (χ0v) is 17.5. The Morgan fingerprint density at radius 2 is 1.97 bits per heavy atom. The molecule has 0 radical (unpaired) electrons. The second-order valence-electron chi connectivity index (χ2n) is 7.25. The fourth-order valence-electron chi connectivity index (χ4n) is 3.07. The van der Waals surface area contributed by atoms with Crippen LogP contribution in [0.15, 0.2) is 47.5 Å². The van der Waals surface area contributed by atoms with Gasteiger partial charge in [-0.2, -0.15) is 0 Å². The molecule has 1 unspecified atom stereocenters. The highest BCUT2D eigenvalue weighted by atomic mass is 35.5. The average Bonchev–Trinajstić information content (AvgIpc) is 2.89. The fourth-order valence-corrected chi connectivity index (χ4v) is 3.29. The van der Waals surface area contributed by atoms with Gasteiger partial charge < -0.3 is 15.8 Å². The molecule has 164 valence electrons. The Balaban J connectivity index is 1.51. The molecule has 0 bridgehead atoms. The van der Waals surface area contributed by atoms with Crippen LogP contribution in [0.2, 0.25) is 5.02 Å². The predicted octanol–water partition coefficient (Wildman–Crippen LogP) is 2.62. The molecular formula is C21H21ClF2N4O3. The molecule has 31 heavy (non-hydrogen) atoms. The van der Waals surface area contributed by atoms with Crippen molar-refractivity contribution in [1.29, 1.82) is 0 Å². The van der Waals surface area contributed by atoms with Gasteiger partial charge >= 0.3 is 0 Å². The Bertz CT molecular complexity index is 1010. The topological polar surface area (TPSA) is 97.0 Å². The van der Waals surface area contributed by atoms with Gasteiger partial charge in [0.2, 0.25) is 5.91 Å². The van der Waals surface area contributed by atoms with E-state index >= 15 is 0 Å². The van der Waals surface area contributed by atoms with Crippen LogP contribution in [0.5, 0.6) is 5.75 Å². The quantitative estimate of drug-likeness (QED) is 0.646. The van der Waals surface area contributed by atoms with Gasteiger partial charge in [0, 0.05) is 23.2 Å². The zero-order chi connectivity index (χ0) is 22.6. The molecule has 2 amide bonds. The van der Waals surface area contributed by atoms with Crippen LogP contribution < -0.4 is 15.8 Å². The first-order chi connectivity index (χ1) is 14.7. The van der Waals surface area contributed by atoms with E-state index in [4.69, 9.17) is 22.1 Å². The maximum Gasteiger partial charge on any atom is 0.259 e. The van der Waals surface area contributed by atoms with Gasteiger partial charge in [0.05, 0.1) is 26.1 Å². The number of hydrogen-bond donors (Lipinski definition) is 2. The van der Waals surface area contributed by atoms with Crippen LogP contribution in [0, 0.1) is 11.6 Å². The lowest BCUT2D eigenvalue weighted by Gasteiger charge is -2.22. The molecule has 1 aliphatic heterocycles. The summed E-state index contributed by atoms with van der Waals surface area (Å²) >= 11 is 5.98. The van der Waals surface area contributed by atoms with Crippen molar-refractivity contribution in [1.82, 2.24) is 10.2 Å². The summed E-state index contributed by atoms with van der Waals surface area (Å²) in [4.78, 5) is 30.5. The highest BCUT2D eigenvalue weighted by molar-refractivity contribution is 6.30. The standard InChI is InChI=1S/C21H21ClF2N4O3/c1-21(12-26-18(29)5-6-31-17-9-15(23)8-16(24)10-17)19(30)28(20(25)27-21)11-13-3-2-4-14(22)7-13/h2-4,7-10H,5-6,11-12H2,1H3,(H2,25,27)(H,26,29). The van der Waals surface area contributed by atoms with Gasteiger partial charge in [0.25, 0.3) is 5.91 Å². The van der Waals surface area contributed by atoms with Crippen molar-refractivity contribution < 1.29 is 23.1 Å². The Morgan fingerprint density at radius 1 is 1.26 bits per heavy atom. The summed E-state index contributed by atoms with van der Waals surface area (Å²) in [5.41, 5.74) is 5.48. The third kappa shape index (κ3) is 5.69. The van der Waals surface area contributed by atoms with Gasteiger partial charge in [0.1, 0.15) is 17.4 Å². The molecule has 0 spiro atoms. The maximum atomic E-state index is 13.1. The first kappa shape index (κ1) is 22.5. The van der Waals surface area contributed by atoms with E-state index in [0.29, 0.717) is 5.02 Å². The predicted molar refractivity (Wildman–Crippen MR) is 112 cm³/mol. The molecule has 10 heteroatoms. The van der Waals surface area contributed by atoms with Crippen molar-refractivity contribution in [3.63, 3.8) is 0 Å². The fraction of sp³-hybridized carbons (Fsp3) is 0.286. The van der Waals surface area contributed by atoms with Crippen LogP contribution >= 0.6 is 11.6 Å². The highest BCUT2D eigenvalue weighted by Gasteiger charge is 2.44. The molecule has 0 saturated heterocycles. The smallest absolute Gasteiger partial charge is 0.259 e. The van der Waals surface area contributed by atoms with Gasteiger partial charge in [-0.05, 0) is 24.6 Å². The lowest BCUT2D eigenvalue weighted by molar-refractivity contribution is -0.131. The monoisotopic (exact) mass is 450 g/mol. The van der Waals surface area contributed by atoms with Crippen molar-refractivity contribution in [2.75, 3.05) is 13.2 Å². The largest absolute Gasteiger partial charge is 0.493 e. The molecule has 2 aromatic rings. The Kier molecular flexibility index (Phi) is 6.74. The highest BCUT2D eigenvalue weighted by Crippen LogP contribution is 2.23. The normalized spacial score (nSPS) is 18.1. The third-order valence-electron chi connectivity index (χ3n) is 4.64.